The summed E-state index contributed by atoms with van der Waals surface area (Å²) in [6.45, 7) is 7.34. The molecular formula is C29H31BBrN2O2. The SMILES string of the molecule is C.C=Cc1ccc(-c2ccc(N)cc2)cc1.C=Cc1ccc(O[B]O)cc1.Nc1ccc(Br)cc1. The number of hydrogen-bond acceptors (Lipinski definition) is 4. The summed E-state index contributed by atoms with van der Waals surface area (Å²) in [5, 5.41) is 8.28. The lowest BCUT2D eigenvalue weighted by Gasteiger charge is -2.02. The van der Waals surface area contributed by atoms with Crippen LogP contribution in [0.1, 0.15) is 18.6 Å². The van der Waals surface area contributed by atoms with Crippen LogP contribution in [0.2, 0.25) is 0 Å². The standard InChI is InChI=1S/C14H13N.C8H8BO2.C6H6BrN.CH4/c1-2-11-3-5-12(6-4-11)13-7-9-14(15)10-8-13;1-2-7-3-5-8(6-4-7)11-9-10;7-5-1-3-6(8)4-2-5;/h2-10H,1,15H2;2-6,10H,1H2;1-4H,8H2;1H4. The van der Waals surface area contributed by atoms with Crippen LogP contribution in [0.15, 0.2) is 115 Å². The summed E-state index contributed by atoms with van der Waals surface area (Å²) in [7, 11) is 0.656. The molecule has 4 nitrogen and oxygen atoms in total. The second-order valence-electron chi connectivity index (χ2n) is 7.00. The predicted octanol–water partition coefficient (Wildman–Crippen LogP) is 7.48. The molecule has 0 aliphatic rings. The molecule has 4 rings (SSSR count). The zero-order valence-corrected chi connectivity index (χ0v) is 20.4. The first-order valence-electron chi connectivity index (χ1n) is 10.4. The third-order valence-corrected chi connectivity index (χ3v) is 5.09. The zero-order chi connectivity index (χ0) is 24.8. The molecule has 5 N–H and O–H groups in total. The van der Waals surface area contributed by atoms with Crippen molar-refractivity contribution < 1.29 is 9.68 Å². The Morgan fingerprint density at radius 3 is 1.40 bits per heavy atom. The fraction of sp³-hybridized carbons (Fsp3) is 0.0345. The Balaban J connectivity index is 0.000000272. The first-order chi connectivity index (χ1) is 16.4. The number of benzene rings is 4. The van der Waals surface area contributed by atoms with E-state index in [-0.39, 0.29) is 7.43 Å². The summed E-state index contributed by atoms with van der Waals surface area (Å²) < 4.78 is 5.76. The van der Waals surface area contributed by atoms with E-state index >= 15 is 0 Å². The molecule has 6 heteroatoms. The Bertz CT molecular complexity index is 1120. The molecule has 4 aromatic rings. The van der Waals surface area contributed by atoms with Crippen LogP contribution in [-0.4, -0.2) is 12.7 Å². The molecule has 0 atom stereocenters. The van der Waals surface area contributed by atoms with Crippen LogP contribution in [0.25, 0.3) is 23.3 Å². The molecule has 0 heterocycles. The van der Waals surface area contributed by atoms with E-state index in [4.69, 9.17) is 21.1 Å². The lowest BCUT2D eigenvalue weighted by molar-refractivity contribution is 0.454. The van der Waals surface area contributed by atoms with Crippen LogP contribution in [0.3, 0.4) is 0 Å². The number of hydrogen-bond donors (Lipinski definition) is 3. The van der Waals surface area contributed by atoms with E-state index in [1.807, 2.05) is 66.7 Å². The van der Waals surface area contributed by atoms with Gasteiger partial charge in [0.1, 0.15) is 5.75 Å². The molecule has 0 unspecified atom stereocenters. The second-order valence-corrected chi connectivity index (χ2v) is 7.91. The van der Waals surface area contributed by atoms with Crippen LogP contribution in [-0.2, 0) is 0 Å². The van der Waals surface area contributed by atoms with Gasteiger partial charge in [0.15, 0.2) is 0 Å². The Morgan fingerprint density at radius 1 is 0.657 bits per heavy atom. The van der Waals surface area contributed by atoms with Gasteiger partial charge >= 0.3 is 7.69 Å². The van der Waals surface area contributed by atoms with Gasteiger partial charge in [-0.3, -0.25) is 0 Å². The van der Waals surface area contributed by atoms with Crippen LogP contribution >= 0.6 is 15.9 Å². The van der Waals surface area contributed by atoms with Crippen molar-refractivity contribution in [2.45, 2.75) is 7.43 Å². The normalized spacial score (nSPS) is 9.09. The Labute approximate surface area is 218 Å². The molecule has 179 valence electrons. The van der Waals surface area contributed by atoms with Crippen molar-refractivity contribution in [3.8, 4) is 16.9 Å². The van der Waals surface area contributed by atoms with Gasteiger partial charge in [-0.1, -0.05) is 97.2 Å². The Kier molecular flexibility index (Phi) is 13.4. The third kappa shape index (κ3) is 10.8. The van der Waals surface area contributed by atoms with Gasteiger partial charge in [-0.05, 0) is 70.8 Å². The van der Waals surface area contributed by atoms with Crippen LogP contribution in [0, 0.1) is 0 Å². The first-order valence-corrected chi connectivity index (χ1v) is 11.2. The fourth-order valence-corrected chi connectivity index (χ4v) is 2.96. The molecular weight excluding hydrogens is 499 g/mol. The summed E-state index contributed by atoms with van der Waals surface area (Å²) in [4.78, 5) is 0. The van der Waals surface area contributed by atoms with Crippen molar-refractivity contribution in [1.29, 1.82) is 0 Å². The highest BCUT2D eigenvalue weighted by molar-refractivity contribution is 9.10. The molecule has 0 fully saturated rings. The quantitative estimate of drug-likeness (QED) is 0.185. The monoisotopic (exact) mass is 529 g/mol. The van der Waals surface area contributed by atoms with Crippen molar-refractivity contribution in [2.24, 2.45) is 0 Å². The highest BCUT2D eigenvalue weighted by Crippen LogP contribution is 2.21. The molecule has 1 radical (unpaired) electrons. The molecule has 4 aromatic carbocycles. The van der Waals surface area contributed by atoms with Crippen molar-refractivity contribution in [2.75, 3.05) is 11.5 Å². The maximum atomic E-state index is 8.28. The molecule has 0 bridgehead atoms. The van der Waals surface area contributed by atoms with Gasteiger partial charge in [0.05, 0.1) is 0 Å². The average Bonchev–Trinajstić information content (AvgIpc) is 2.88. The van der Waals surface area contributed by atoms with Crippen molar-refractivity contribution in [3.63, 3.8) is 0 Å². The fourth-order valence-electron chi connectivity index (χ4n) is 2.69. The van der Waals surface area contributed by atoms with Gasteiger partial charge < -0.3 is 21.1 Å². The third-order valence-electron chi connectivity index (χ3n) is 4.56. The van der Waals surface area contributed by atoms with Gasteiger partial charge in [0.25, 0.3) is 0 Å². The minimum absolute atomic E-state index is 0. The van der Waals surface area contributed by atoms with E-state index in [0.29, 0.717) is 13.4 Å². The highest BCUT2D eigenvalue weighted by atomic mass is 79.9. The van der Waals surface area contributed by atoms with Gasteiger partial charge in [0, 0.05) is 15.8 Å². The molecule has 35 heavy (non-hydrogen) atoms. The smallest absolute Gasteiger partial charge is 0.537 e. The van der Waals surface area contributed by atoms with E-state index in [1.54, 1.807) is 18.2 Å². The van der Waals surface area contributed by atoms with Gasteiger partial charge in [-0.25, -0.2) is 0 Å². The minimum atomic E-state index is 0. The minimum Gasteiger partial charge on any atom is -0.537 e. The van der Waals surface area contributed by atoms with Crippen LogP contribution in [0.5, 0.6) is 5.75 Å². The number of halogens is 1. The summed E-state index contributed by atoms with van der Waals surface area (Å²) in [6.07, 6.45) is 3.58. The summed E-state index contributed by atoms with van der Waals surface area (Å²) in [5.41, 5.74) is 17.2. The molecule has 0 aliphatic carbocycles. The second kappa shape index (κ2) is 16.0. The molecule has 0 spiro atoms. The van der Waals surface area contributed by atoms with Crippen molar-refractivity contribution in [1.82, 2.24) is 0 Å². The maximum absolute atomic E-state index is 8.28. The molecule has 0 saturated carbocycles. The predicted molar refractivity (Wildman–Crippen MR) is 157 cm³/mol. The van der Waals surface area contributed by atoms with E-state index in [2.05, 4.69) is 53.4 Å². The summed E-state index contributed by atoms with van der Waals surface area (Å²) >= 11 is 3.29. The molecule has 0 amide bonds. The Morgan fingerprint density at radius 2 is 1.03 bits per heavy atom. The summed E-state index contributed by atoms with van der Waals surface area (Å²) in [6, 6.07) is 30.9. The molecule has 0 saturated heterocycles. The number of anilines is 2. The summed E-state index contributed by atoms with van der Waals surface area (Å²) in [5.74, 6) is 0.609. The number of nitrogen functional groups attached to an aromatic ring is 2. The van der Waals surface area contributed by atoms with Gasteiger partial charge in [0.2, 0.25) is 0 Å². The highest BCUT2D eigenvalue weighted by Gasteiger charge is 1.96. The maximum Gasteiger partial charge on any atom is 0.569 e. The largest absolute Gasteiger partial charge is 0.569 e. The molecule has 0 aromatic heterocycles. The Hall–Kier alpha value is -3.74. The van der Waals surface area contributed by atoms with Crippen LogP contribution < -0.4 is 16.1 Å². The molecule has 0 aliphatic heterocycles. The van der Waals surface area contributed by atoms with E-state index < -0.39 is 0 Å². The lowest BCUT2D eigenvalue weighted by Crippen LogP contribution is -1.99. The average molecular weight is 530 g/mol. The van der Waals surface area contributed by atoms with E-state index in [9.17, 15) is 0 Å². The van der Waals surface area contributed by atoms with E-state index in [0.717, 1.165) is 27.0 Å². The van der Waals surface area contributed by atoms with Gasteiger partial charge in [-0.15, -0.1) is 0 Å². The number of nitrogens with two attached hydrogens (primary N) is 2. The number of rotatable bonds is 5. The topological polar surface area (TPSA) is 81.5 Å². The van der Waals surface area contributed by atoms with Crippen molar-refractivity contribution >= 4 is 47.1 Å². The van der Waals surface area contributed by atoms with Gasteiger partial charge in [-0.2, -0.15) is 0 Å². The zero-order valence-electron chi connectivity index (χ0n) is 18.8. The van der Waals surface area contributed by atoms with Crippen LogP contribution in [0.4, 0.5) is 11.4 Å². The van der Waals surface area contributed by atoms with E-state index in [1.165, 1.54) is 11.1 Å². The lowest BCUT2D eigenvalue weighted by atomic mass is 10.0. The first kappa shape index (κ1) is 29.3. The van der Waals surface area contributed by atoms with Crippen molar-refractivity contribution in [3.05, 3.63) is 126 Å².